The van der Waals surface area contributed by atoms with Crippen LogP contribution in [0.15, 0.2) is 0 Å². The van der Waals surface area contributed by atoms with Crippen LogP contribution in [0.4, 0.5) is 0 Å². The van der Waals surface area contributed by atoms with Gasteiger partial charge in [-0.25, -0.2) is 0 Å². The van der Waals surface area contributed by atoms with Crippen molar-refractivity contribution in [2.75, 3.05) is 20.1 Å². The molecule has 4 fully saturated rings. The van der Waals surface area contributed by atoms with Crippen molar-refractivity contribution in [2.45, 2.75) is 231 Å². The zero-order chi connectivity index (χ0) is 43.7. The van der Waals surface area contributed by atoms with E-state index in [-0.39, 0.29) is 44.1 Å². The van der Waals surface area contributed by atoms with Crippen LogP contribution in [0.3, 0.4) is 0 Å². The third-order valence-electron chi connectivity index (χ3n) is 15.1. The first kappa shape index (κ1) is 53.0. The van der Waals surface area contributed by atoms with Gasteiger partial charge in [0.1, 0.15) is 34.7 Å². The van der Waals surface area contributed by atoms with Crippen LogP contribution in [-0.2, 0) is 28.8 Å². The molecule has 7 nitrogen and oxygen atoms in total. The van der Waals surface area contributed by atoms with Gasteiger partial charge in [-0.1, -0.05) is 108 Å². The molecular formula is C50H89NO6. The van der Waals surface area contributed by atoms with Crippen LogP contribution < -0.4 is 0 Å². The van der Waals surface area contributed by atoms with Crippen molar-refractivity contribution in [3.63, 3.8) is 0 Å². The summed E-state index contributed by atoms with van der Waals surface area (Å²) in [5, 5.41) is 0. The molecule has 0 aromatic rings. The topological polar surface area (TPSA) is 106 Å². The van der Waals surface area contributed by atoms with E-state index in [1.807, 2.05) is 27.7 Å². The highest BCUT2D eigenvalue weighted by Crippen LogP contribution is 2.45. The van der Waals surface area contributed by atoms with E-state index in [0.29, 0.717) is 36.0 Å². The van der Waals surface area contributed by atoms with Gasteiger partial charge in [0.2, 0.25) is 0 Å². The second-order valence-corrected chi connectivity index (χ2v) is 20.5. The van der Waals surface area contributed by atoms with E-state index in [0.717, 1.165) is 135 Å². The number of likely N-dealkylation sites (tertiary alicyclic amines) is 1. The zero-order valence-electron chi connectivity index (χ0n) is 39.6. The lowest BCUT2D eigenvalue weighted by Gasteiger charge is -2.38. The highest BCUT2D eigenvalue weighted by molar-refractivity contribution is 5.88. The van der Waals surface area contributed by atoms with Crippen molar-refractivity contribution in [3.8, 4) is 0 Å². The molecule has 4 rings (SSSR count). The molecule has 0 N–H and O–H groups in total. The van der Waals surface area contributed by atoms with Gasteiger partial charge >= 0.3 is 0 Å². The molecule has 0 aromatic carbocycles. The maximum atomic E-state index is 12.1. The SMILES string of the molecule is CCC1(C)CC(C)(C(C)=O)CCCCC1=O.CCC1(C)CC(C)(C(C)=O)CCCCC1=O.CCCC1(C)CCCCCC1=O.CCCC1(C)CN(C)CCCC1=O. The van der Waals surface area contributed by atoms with Crippen molar-refractivity contribution in [1.29, 1.82) is 0 Å². The maximum Gasteiger partial charge on any atom is 0.140 e. The van der Waals surface area contributed by atoms with E-state index in [9.17, 15) is 28.8 Å². The van der Waals surface area contributed by atoms with Gasteiger partial charge in [-0.15, -0.1) is 0 Å². The van der Waals surface area contributed by atoms with Gasteiger partial charge in [0, 0.05) is 64.7 Å². The van der Waals surface area contributed by atoms with Crippen molar-refractivity contribution in [3.05, 3.63) is 0 Å². The number of rotatable bonds is 8. The number of Topliss-reactive ketones (excluding diaryl/α,β-unsaturated/α-hetero) is 6. The molecule has 0 spiro atoms. The average Bonchev–Trinajstić information content (AvgIpc) is 3.38. The molecule has 0 amide bonds. The Kier molecular flexibility index (Phi) is 22.0. The van der Waals surface area contributed by atoms with Gasteiger partial charge in [-0.2, -0.15) is 0 Å². The number of nitrogens with zero attached hydrogens (tertiary/aromatic N) is 1. The van der Waals surface area contributed by atoms with Crippen LogP contribution in [0.1, 0.15) is 231 Å². The average molecular weight is 800 g/mol. The van der Waals surface area contributed by atoms with Crippen LogP contribution in [0.2, 0.25) is 0 Å². The normalized spacial score (nSPS) is 34.5. The Morgan fingerprint density at radius 1 is 0.491 bits per heavy atom. The van der Waals surface area contributed by atoms with E-state index in [1.54, 1.807) is 13.8 Å². The standard InChI is InChI=1S/2C14H24O2.C11H21NO.C11H20O/c2*1-5-13(3)10-14(4,11(2)15)9-7-6-8-12(13)16;1-4-7-11(2)9-12(3)8-5-6-10(11)13;1-3-8-11(2)9-6-4-5-7-10(11)12/h2*5-10H2,1-4H3;4-9H2,1-3H3;3-9H2,1-2H3. The van der Waals surface area contributed by atoms with Gasteiger partial charge in [-0.3, -0.25) is 28.8 Å². The summed E-state index contributed by atoms with van der Waals surface area (Å²) in [5.41, 5.74) is -1.20. The van der Waals surface area contributed by atoms with Gasteiger partial charge in [0.25, 0.3) is 0 Å². The third kappa shape index (κ3) is 15.8. The highest BCUT2D eigenvalue weighted by atomic mass is 16.1. The number of carbonyl (C=O) groups is 6. The van der Waals surface area contributed by atoms with Crippen LogP contribution in [0.5, 0.6) is 0 Å². The molecule has 1 saturated heterocycles. The largest absolute Gasteiger partial charge is 0.305 e. The minimum Gasteiger partial charge on any atom is -0.305 e. The molecule has 0 bridgehead atoms. The predicted octanol–water partition coefficient (Wildman–Crippen LogP) is 12.5. The zero-order valence-corrected chi connectivity index (χ0v) is 39.6. The van der Waals surface area contributed by atoms with Crippen molar-refractivity contribution < 1.29 is 28.8 Å². The van der Waals surface area contributed by atoms with Crippen LogP contribution in [0, 0.1) is 32.5 Å². The Morgan fingerprint density at radius 3 is 1.25 bits per heavy atom. The Balaban J connectivity index is 0.000000383. The number of hydrogen-bond donors (Lipinski definition) is 0. The number of hydrogen-bond acceptors (Lipinski definition) is 7. The summed E-state index contributed by atoms with van der Waals surface area (Å²) < 4.78 is 0. The molecule has 4 aliphatic rings. The lowest BCUT2D eigenvalue weighted by Crippen LogP contribution is -2.39. The quantitative estimate of drug-likeness (QED) is 0.225. The lowest BCUT2D eigenvalue weighted by molar-refractivity contribution is -0.137. The molecule has 0 aromatic heterocycles. The summed E-state index contributed by atoms with van der Waals surface area (Å²) in [6, 6.07) is 0. The maximum absolute atomic E-state index is 12.1. The molecule has 3 saturated carbocycles. The summed E-state index contributed by atoms with van der Waals surface area (Å²) in [4.78, 5) is 73.7. The first-order valence-corrected chi connectivity index (χ1v) is 23.3. The van der Waals surface area contributed by atoms with Gasteiger partial charge < -0.3 is 4.90 Å². The fourth-order valence-electron chi connectivity index (χ4n) is 10.1. The first-order chi connectivity index (χ1) is 26.4. The fourth-order valence-corrected chi connectivity index (χ4v) is 10.1. The van der Waals surface area contributed by atoms with Gasteiger partial charge in [0.05, 0.1) is 0 Å². The van der Waals surface area contributed by atoms with E-state index >= 15 is 0 Å². The number of carbonyl (C=O) groups excluding carboxylic acids is 6. The second-order valence-electron chi connectivity index (χ2n) is 20.5. The lowest BCUT2D eigenvalue weighted by atomic mass is 9.64. The summed E-state index contributed by atoms with van der Waals surface area (Å²) in [6.07, 6.45) is 22.1. The van der Waals surface area contributed by atoms with Crippen molar-refractivity contribution >= 4 is 34.7 Å². The molecule has 6 unspecified atom stereocenters. The van der Waals surface area contributed by atoms with E-state index < -0.39 is 0 Å². The molecule has 7 heteroatoms. The molecule has 0 radical (unpaired) electrons. The fraction of sp³-hybridized carbons (Fsp3) is 0.880. The summed E-state index contributed by atoms with van der Waals surface area (Å²) in [7, 11) is 2.12. The highest BCUT2D eigenvalue weighted by Gasteiger charge is 2.44. The van der Waals surface area contributed by atoms with Crippen LogP contribution in [0.25, 0.3) is 0 Å². The van der Waals surface area contributed by atoms with Crippen molar-refractivity contribution in [1.82, 2.24) is 4.90 Å². The summed E-state index contributed by atoms with van der Waals surface area (Å²) in [5.74, 6) is 2.16. The molecule has 1 heterocycles. The summed E-state index contributed by atoms with van der Waals surface area (Å²) >= 11 is 0. The van der Waals surface area contributed by atoms with Gasteiger partial charge in [0.15, 0.2) is 0 Å². The summed E-state index contributed by atoms with van der Waals surface area (Å²) in [6.45, 7) is 26.2. The smallest absolute Gasteiger partial charge is 0.140 e. The Hall–Kier alpha value is -2.02. The minimum atomic E-state index is -0.291. The Labute approximate surface area is 350 Å². The molecular weight excluding hydrogens is 711 g/mol. The van der Waals surface area contributed by atoms with E-state index in [1.165, 1.54) is 12.8 Å². The second kappa shape index (κ2) is 23.7. The Morgan fingerprint density at radius 2 is 0.842 bits per heavy atom. The van der Waals surface area contributed by atoms with Gasteiger partial charge in [-0.05, 0) is 111 Å². The first-order valence-electron chi connectivity index (χ1n) is 23.3. The van der Waals surface area contributed by atoms with Crippen LogP contribution >= 0.6 is 0 Å². The van der Waals surface area contributed by atoms with Crippen LogP contribution in [-0.4, -0.2) is 59.7 Å². The molecule has 3 aliphatic carbocycles. The minimum absolute atomic E-state index is 0.0330. The van der Waals surface area contributed by atoms with Crippen molar-refractivity contribution in [2.24, 2.45) is 32.5 Å². The monoisotopic (exact) mass is 800 g/mol. The van der Waals surface area contributed by atoms with E-state index in [2.05, 4.69) is 53.5 Å². The molecule has 1 aliphatic heterocycles. The number of ketones is 6. The molecule has 57 heavy (non-hydrogen) atoms. The Bertz CT molecular complexity index is 1280. The molecule has 330 valence electrons. The third-order valence-corrected chi connectivity index (χ3v) is 15.1. The van der Waals surface area contributed by atoms with E-state index in [4.69, 9.17) is 0 Å². The predicted molar refractivity (Wildman–Crippen MR) is 236 cm³/mol. The molecule has 6 atom stereocenters.